The number of sulfonamides is 1. The van der Waals surface area contributed by atoms with Crippen molar-refractivity contribution < 1.29 is 27.5 Å². The van der Waals surface area contributed by atoms with Gasteiger partial charge in [-0.15, -0.1) is 0 Å². The van der Waals surface area contributed by atoms with Crippen molar-refractivity contribution >= 4 is 39.4 Å². The van der Waals surface area contributed by atoms with E-state index in [4.69, 9.17) is 16.3 Å². The average molecular weight is 569 g/mol. The van der Waals surface area contributed by atoms with Crippen LogP contribution in [0.5, 0.6) is 0 Å². The molecule has 204 valence electrons. The van der Waals surface area contributed by atoms with E-state index < -0.39 is 39.4 Å². The minimum atomic E-state index is -4.10. The van der Waals surface area contributed by atoms with E-state index in [-0.39, 0.29) is 24.3 Å². The van der Waals surface area contributed by atoms with Crippen molar-refractivity contribution in [1.82, 2.24) is 9.62 Å². The summed E-state index contributed by atoms with van der Waals surface area (Å²) in [7, 11) is -4.10. The number of nitrogens with zero attached hydrogens (tertiary/aromatic N) is 1. The van der Waals surface area contributed by atoms with Crippen LogP contribution in [0.2, 0.25) is 5.02 Å². The van der Waals surface area contributed by atoms with E-state index in [1.54, 1.807) is 69.3 Å². The maximum absolute atomic E-state index is 13.2. The van der Waals surface area contributed by atoms with E-state index in [9.17, 15) is 22.8 Å². The molecule has 0 unspecified atom stereocenters. The van der Waals surface area contributed by atoms with Crippen LogP contribution in [-0.4, -0.2) is 49.3 Å². The highest BCUT2D eigenvalue weighted by Gasteiger charge is 2.35. The number of hydrogen-bond acceptors (Lipinski definition) is 6. The Balaban J connectivity index is 1.47. The Labute approximate surface area is 233 Å². The summed E-state index contributed by atoms with van der Waals surface area (Å²) in [4.78, 5) is 39.4. The number of ether oxygens (including phenoxy) is 1. The van der Waals surface area contributed by atoms with Crippen molar-refractivity contribution in [3.8, 4) is 11.1 Å². The molecule has 0 saturated heterocycles. The lowest BCUT2D eigenvalue weighted by Gasteiger charge is -2.25. The topological polar surface area (TPSA) is 110 Å². The Morgan fingerprint density at radius 2 is 1.41 bits per heavy atom. The quantitative estimate of drug-likeness (QED) is 0.285. The number of halogens is 1. The predicted octanol–water partition coefficient (Wildman–Crippen LogP) is 5.07. The SMILES string of the molecule is CC(C)(C)OC(=O)[C@@H](CCCN1C(=O)c2ccccc2C1=O)NS(=O)(=O)c1ccc(-c2ccc(Cl)cc2)cc1. The van der Waals surface area contributed by atoms with Crippen LogP contribution in [0.15, 0.2) is 77.7 Å². The Hall–Kier alpha value is -3.53. The fourth-order valence-electron chi connectivity index (χ4n) is 4.22. The van der Waals surface area contributed by atoms with Crippen molar-refractivity contribution in [3.05, 3.63) is 88.9 Å². The van der Waals surface area contributed by atoms with Gasteiger partial charge in [0, 0.05) is 11.6 Å². The number of esters is 1. The van der Waals surface area contributed by atoms with Gasteiger partial charge < -0.3 is 4.74 Å². The van der Waals surface area contributed by atoms with Crippen molar-refractivity contribution in [2.45, 2.75) is 50.2 Å². The van der Waals surface area contributed by atoms with E-state index >= 15 is 0 Å². The highest BCUT2D eigenvalue weighted by Crippen LogP contribution is 2.25. The molecule has 1 N–H and O–H groups in total. The number of carbonyl (C=O) groups is 3. The highest BCUT2D eigenvalue weighted by atomic mass is 35.5. The molecule has 0 radical (unpaired) electrons. The molecule has 1 aliphatic heterocycles. The maximum atomic E-state index is 13.2. The molecule has 1 heterocycles. The standard InChI is InChI=1S/C29H29ClN2O6S/c1-29(2,3)38-28(35)25(9-6-18-32-26(33)23-7-4-5-8-24(23)27(32)34)31-39(36,37)22-16-12-20(13-17-22)19-10-14-21(30)15-11-19/h4-5,7-8,10-17,25,31H,6,9,18H2,1-3H3/t25-/m1/s1. The molecule has 0 aromatic heterocycles. The molecule has 0 aliphatic carbocycles. The third-order valence-electron chi connectivity index (χ3n) is 6.08. The third kappa shape index (κ3) is 6.73. The summed E-state index contributed by atoms with van der Waals surface area (Å²) in [5, 5.41) is 0.596. The minimum Gasteiger partial charge on any atom is -0.459 e. The van der Waals surface area contributed by atoms with Crippen molar-refractivity contribution in [2.24, 2.45) is 0 Å². The number of rotatable bonds is 9. The second kappa shape index (κ2) is 11.3. The predicted molar refractivity (Wildman–Crippen MR) is 148 cm³/mol. The lowest BCUT2D eigenvalue weighted by Crippen LogP contribution is -2.44. The van der Waals surface area contributed by atoms with Crippen LogP contribution >= 0.6 is 11.6 Å². The number of fused-ring (bicyclic) bond motifs is 1. The van der Waals surface area contributed by atoms with Gasteiger partial charge >= 0.3 is 5.97 Å². The minimum absolute atomic E-state index is 0.0183. The number of imide groups is 1. The van der Waals surface area contributed by atoms with Crippen LogP contribution in [0.1, 0.15) is 54.3 Å². The van der Waals surface area contributed by atoms with E-state index in [1.165, 1.54) is 12.1 Å². The number of carbonyl (C=O) groups excluding carboxylic acids is 3. The van der Waals surface area contributed by atoms with Crippen LogP contribution in [0.3, 0.4) is 0 Å². The molecular weight excluding hydrogens is 540 g/mol. The third-order valence-corrected chi connectivity index (χ3v) is 7.82. The molecule has 4 rings (SSSR count). The van der Waals surface area contributed by atoms with Crippen LogP contribution in [0.4, 0.5) is 0 Å². The Kier molecular flexibility index (Phi) is 8.25. The summed E-state index contributed by atoms with van der Waals surface area (Å²) in [6, 6.07) is 18.7. The van der Waals surface area contributed by atoms with E-state index in [0.717, 1.165) is 16.0 Å². The summed E-state index contributed by atoms with van der Waals surface area (Å²) in [5.74, 6) is -1.57. The second-order valence-corrected chi connectivity index (χ2v) is 12.3. The van der Waals surface area contributed by atoms with Gasteiger partial charge in [0.25, 0.3) is 11.8 Å². The number of benzene rings is 3. The molecule has 3 aromatic carbocycles. The van der Waals surface area contributed by atoms with Crippen LogP contribution in [0.25, 0.3) is 11.1 Å². The van der Waals surface area contributed by atoms with Crippen LogP contribution < -0.4 is 4.72 Å². The van der Waals surface area contributed by atoms with Gasteiger partial charge in [0.15, 0.2) is 0 Å². The van der Waals surface area contributed by atoms with E-state index in [1.807, 2.05) is 12.1 Å². The molecule has 0 bridgehead atoms. The Morgan fingerprint density at radius 1 is 0.897 bits per heavy atom. The Morgan fingerprint density at radius 3 is 1.92 bits per heavy atom. The van der Waals surface area contributed by atoms with Crippen LogP contribution in [-0.2, 0) is 19.6 Å². The molecule has 2 amide bonds. The molecule has 1 atom stereocenters. The molecule has 3 aromatic rings. The largest absolute Gasteiger partial charge is 0.459 e. The van der Waals surface area contributed by atoms with E-state index in [2.05, 4.69) is 4.72 Å². The molecule has 39 heavy (non-hydrogen) atoms. The molecule has 0 saturated carbocycles. The number of hydrogen-bond donors (Lipinski definition) is 1. The zero-order chi connectivity index (χ0) is 28.4. The monoisotopic (exact) mass is 568 g/mol. The lowest BCUT2D eigenvalue weighted by molar-refractivity contribution is -0.157. The maximum Gasteiger partial charge on any atom is 0.324 e. The first kappa shape index (κ1) is 28.5. The van der Waals surface area contributed by atoms with Gasteiger partial charge in [-0.05, 0) is 81.1 Å². The van der Waals surface area contributed by atoms with Gasteiger partial charge in [-0.3, -0.25) is 19.3 Å². The summed E-state index contributed by atoms with van der Waals surface area (Å²) in [6.45, 7) is 5.09. The van der Waals surface area contributed by atoms with Crippen molar-refractivity contribution in [3.63, 3.8) is 0 Å². The first-order valence-electron chi connectivity index (χ1n) is 12.4. The van der Waals surface area contributed by atoms with Gasteiger partial charge in [0.1, 0.15) is 11.6 Å². The molecule has 0 fully saturated rings. The van der Waals surface area contributed by atoms with Gasteiger partial charge in [-0.1, -0.05) is 48.0 Å². The fourth-order valence-corrected chi connectivity index (χ4v) is 5.56. The van der Waals surface area contributed by atoms with E-state index in [0.29, 0.717) is 16.1 Å². The summed E-state index contributed by atoms with van der Waals surface area (Å²) in [5.41, 5.74) is 1.48. The zero-order valence-electron chi connectivity index (χ0n) is 21.8. The number of nitrogens with one attached hydrogen (secondary N) is 1. The zero-order valence-corrected chi connectivity index (χ0v) is 23.4. The first-order valence-corrected chi connectivity index (χ1v) is 14.3. The summed E-state index contributed by atoms with van der Waals surface area (Å²) < 4.78 is 34.4. The lowest BCUT2D eigenvalue weighted by atomic mass is 10.1. The first-order chi connectivity index (χ1) is 18.4. The second-order valence-electron chi connectivity index (χ2n) is 10.2. The van der Waals surface area contributed by atoms with Gasteiger partial charge in [-0.2, -0.15) is 4.72 Å². The Bertz CT molecular complexity index is 1460. The summed E-state index contributed by atoms with van der Waals surface area (Å²) >= 11 is 5.95. The highest BCUT2D eigenvalue weighted by molar-refractivity contribution is 7.89. The summed E-state index contributed by atoms with van der Waals surface area (Å²) in [6.07, 6.45) is 0.206. The molecule has 0 spiro atoms. The average Bonchev–Trinajstić information content (AvgIpc) is 3.12. The van der Waals surface area contributed by atoms with Crippen molar-refractivity contribution in [2.75, 3.05) is 6.54 Å². The molecule has 8 nitrogen and oxygen atoms in total. The van der Waals surface area contributed by atoms with Gasteiger partial charge in [0.05, 0.1) is 16.0 Å². The normalized spacial score (nSPS) is 14.3. The smallest absolute Gasteiger partial charge is 0.324 e. The van der Waals surface area contributed by atoms with Crippen molar-refractivity contribution in [1.29, 1.82) is 0 Å². The van der Waals surface area contributed by atoms with Gasteiger partial charge in [0.2, 0.25) is 10.0 Å². The molecular formula is C29H29ClN2O6S. The fraction of sp³-hybridized carbons (Fsp3) is 0.276. The van der Waals surface area contributed by atoms with Gasteiger partial charge in [-0.25, -0.2) is 8.42 Å². The molecule has 1 aliphatic rings. The molecule has 10 heteroatoms. The van der Waals surface area contributed by atoms with Crippen LogP contribution in [0, 0.1) is 0 Å². The number of amides is 2.